The number of fused-ring (bicyclic) bond motifs is 1. The van der Waals surface area contributed by atoms with Crippen LogP contribution >= 0.6 is 15.9 Å². The number of carbonyl (C=O) groups excluding carboxylic acids is 1. The number of carbonyl (C=O) groups is 1. The highest BCUT2D eigenvalue weighted by molar-refractivity contribution is 9.10. The molecular weight excluding hydrogens is 290 g/mol. The van der Waals surface area contributed by atoms with E-state index in [1.54, 1.807) is 0 Å². The molecule has 0 bridgehead atoms. The van der Waals surface area contributed by atoms with Crippen LogP contribution in [0, 0.1) is 17.8 Å². The van der Waals surface area contributed by atoms with Crippen molar-refractivity contribution >= 4 is 21.8 Å². The monoisotopic (exact) mass is 307 g/mol. The minimum absolute atomic E-state index is 0.266. The Morgan fingerprint density at radius 3 is 2.56 bits per heavy atom. The van der Waals surface area contributed by atoms with E-state index in [0.29, 0.717) is 24.3 Å². The van der Waals surface area contributed by atoms with Gasteiger partial charge in [0.2, 0.25) is 5.91 Å². The van der Waals surface area contributed by atoms with Gasteiger partial charge in [-0.3, -0.25) is 4.79 Å². The van der Waals surface area contributed by atoms with Gasteiger partial charge >= 0.3 is 0 Å². The van der Waals surface area contributed by atoms with E-state index >= 15 is 0 Å². The van der Waals surface area contributed by atoms with Gasteiger partial charge in [-0.1, -0.05) is 47.0 Å². The van der Waals surface area contributed by atoms with Crippen LogP contribution in [0.15, 0.2) is 28.7 Å². The predicted molar refractivity (Wildman–Crippen MR) is 74.9 cm³/mol. The maximum absolute atomic E-state index is 12.1. The molecule has 2 nitrogen and oxygen atoms in total. The van der Waals surface area contributed by atoms with Crippen LogP contribution in [0.2, 0.25) is 0 Å². The Morgan fingerprint density at radius 2 is 1.89 bits per heavy atom. The van der Waals surface area contributed by atoms with Crippen molar-refractivity contribution < 1.29 is 4.79 Å². The third-order valence-corrected chi connectivity index (χ3v) is 5.14. The molecule has 0 heterocycles. The first-order valence-electron chi connectivity index (χ1n) is 6.78. The highest BCUT2D eigenvalue weighted by Crippen LogP contribution is 2.55. The number of hydrogen-bond donors (Lipinski definition) is 1. The van der Waals surface area contributed by atoms with Gasteiger partial charge < -0.3 is 5.32 Å². The molecule has 3 rings (SSSR count). The molecule has 3 heteroatoms. The van der Waals surface area contributed by atoms with E-state index < -0.39 is 0 Å². The van der Waals surface area contributed by atoms with Crippen molar-refractivity contribution in [1.82, 2.24) is 5.32 Å². The number of benzene rings is 1. The van der Waals surface area contributed by atoms with E-state index in [1.165, 1.54) is 25.7 Å². The Bertz CT molecular complexity index is 448. The Hall–Kier alpha value is -0.830. The molecule has 0 aromatic heterocycles. The van der Waals surface area contributed by atoms with Crippen molar-refractivity contribution in [2.24, 2.45) is 17.8 Å². The van der Waals surface area contributed by atoms with Gasteiger partial charge in [0.1, 0.15) is 0 Å². The number of rotatable bonds is 3. The summed E-state index contributed by atoms with van der Waals surface area (Å²) in [6.07, 6.45) is 5.15. The van der Waals surface area contributed by atoms with E-state index in [9.17, 15) is 4.79 Å². The van der Waals surface area contributed by atoms with Gasteiger partial charge in [0, 0.05) is 16.9 Å². The Kier molecular flexibility index (Phi) is 3.42. The number of halogens is 1. The molecule has 2 aliphatic carbocycles. The first-order chi connectivity index (χ1) is 8.77. The van der Waals surface area contributed by atoms with Gasteiger partial charge in [-0.2, -0.15) is 0 Å². The number of hydrogen-bond acceptors (Lipinski definition) is 1. The Morgan fingerprint density at radius 1 is 1.22 bits per heavy atom. The van der Waals surface area contributed by atoms with Crippen molar-refractivity contribution in [1.29, 1.82) is 0 Å². The summed E-state index contributed by atoms with van der Waals surface area (Å²) in [4.78, 5) is 12.1. The maximum Gasteiger partial charge on any atom is 0.223 e. The fraction of sp³-hybridized carbons (Fsp3) is 0.533. The second kappa shape index (κ2) is 5.04. The van der Waals surface area contributed by atoms with Gasteiger partial charge in [0.15, 0.2) is 0 Å². The molecule has 2 unspecified atom stereocenters. The van der Waals surface area contributed by atoms with E-state index in [0.717, 1.165) is 10.0 Å². The van der Waals surface area contributed by atoms with E-state index in [2.05, 4.69) is 21.2 Å². The average Bonchev–Trinajstić information content (AvgIpc) is 3.12. The van der Waals surface area contributed by atoms with Gasteiger partial charge in [-0.15, -0.1) is 0 Å². The summed E-state index contributed by atoms with van der Waals surface area (Å²) in [7, 11) is 0. The lowest BCUT2D eigenvalue weighted by Gasteiger charge is -2.06. The van der Waals surface area contributed by atoms with Crippen LogP contribution in [0.5, 0.6) is 0 Å². The molecule has 0 spiro atoms. The summed E-state index contributed by atoms with van der Waals surface area (Å²) in [6.45, 7) is 0.635. The molecule has 1 amide bonds. The zero-order chi connectivity index (χ0) is 12.5. The van der Waals surface area contributed by atoms with Crippen LogP contribution in [0.1, 0.15) is 31.2 Å². The molecule has 1 aromatic rings. The standard InChI is InChI=1S/C15H18BrNO/c16-13-8-4-1-5-10(13)9-17-15(18)14-11-6-2-3-7-12(11)14/h1,4-5,8,11-12,14H,2-3,6-7,9H2,(H,17,18). The predicted octanol–water partition coefficient (Wildman–Crippen LogP) is 3.50. The first-order valence-corrected chi connectivity index (χ1v) is 7.58. The molecule has 2 aliphatic rings. The van der Waals surface area contributed by atoms with Crippen molar-refractivity contribution in [2.75, 3.05) is 0 Å². The molecule has 2 fully saturated rings. The first kappa shape index (κ1) is 12.2. The van der Waals surface area contributed by atoms with Gasteiger partial charge in [-0.05, 0) is 36.3 Å². The highest BCUT2D eigenvalue weighted by atomic mass is 79.9. The molecule has 0 radical (unpaired) electrons. The molecule has 96 valence electrons. The van der Waals surface area contributed by atoms with Crippen LogP contribution in [0.25, 0.3) is 0 Å². The molecule has 0 saturated heterocycles. The van der Waals surface area contributed by atoms with E-state index in [4.69, 9.17) is 0 Å². The Labute approximate surface area is 116 Å². The van der Waals surface area contributed by atoms with Crippen molar-refractivity contribution in [2.45, 2.75) is 32.2 Å². The smallest absolute Gasteiger partial charge is 0.223 e. The van der Waals surface area contributed by atoms with E-state index in [-0.39, 0.29) is 5.91 Å². The van der Waals surface area contributed by atoms with Crippen molar-refractivity contribution in [3.63, 3.8) is 0 Å². The van der Waals surface area contributed by atoms with E-state index in [1.807, 2.05) is 24.3 Å². The summed E-state index contributed by atoms with van der Waals surface area (Å²) in [5.41, 5.74) is 1.15. The van der Waals surface area contributed by atoms with Crippen LogP contribution in [-0.4, -0.2) is 5.91 Å². The maximum atomic E-state index is 12.1. The molecule has 0 aliphatic heterocycles. The molecule has 1 N–H and O–H groups in total. The van der Waals surface area contributed by atoms with Crippen molar-refractivity contribution in [3.05, 3.63) is 34.3 Å². The quantitative estimate of drug-likeness (QED) is 0.910. The lowest BCUT2D eigenvalue weighted by Crippen LogP contribution is -2.25. The van der Waals surface area contributed by atoms with Gasteiger partial charge in [0.25, 0.3) is 0 Å². The fourth-order valence-electron chi connectivity index (χ4n) is 3.32. The summed E-state index contributed by atoms with van der Waals surface area (Å²) < 4.78 is 1.07. The molecule has 2 atom stereocenters. The van der Waals surface area contributed by atoms with Crippen LogP contribution in [-0.2, 0) is 11.3 Å². The Balaban J connectivity index is 1.55. The SMILES string of the molecule is O=C(NCc1ccccc1Br)C1C2CCCCC21. The molecule has 1 aromatic carbocycles. The van der Waals surface area contributed by atoms with Crippen LogP contribution < -0.4 is 5.32 Å². The second-order valence-electron chi connectivity index (χ2n) is 5.45. The minimum Gasteiger partial charge on any atom is -0.352 e. The third-order valence-electron chi connectivity index (χ3n) is 4.37. The molecular formula is C15H18BrNO. The van der Waals surface area contributed by atoms with Gasteiger partial charge in [-0.25, -0.2) is 0 Å². The number of amides is 1. The summed E-state index contributed by atoms with van der Waals surface area (Å²) in [5, 5.41) is 3.09. The number of nitrogens with one attached hydrogen (secondary N) is 1. The summed E-state index contributed by atoms with van der Waals surface area (Å²) >= 11 is 3.51. The van der Waals surface area contributed by atoms with Crippen LogP contribution in [0.3, 0.4) is 0 Å². The third kappa shape index (κ3) is 2.33. The lowest BCUT2D eigenvalue weighted by molar-refractivity contribution is -0.123. The molecule has 18 heavy (non-hydrogen) atoms. The van der Waals surface area contributed by atoms with Crippen LogP contribution in [0.4, 0.5) is 0 Å². The zero-order valence-corrected chi connectivity index (χ0v) is 11.9. The zero-order valence-electron chi connectivity index (χ0n) is 10.4. The lowest BCUT2D eigenvalue weighted by atomic mass is 10.0. The second-order valence-corrected chi connectivity index (χ2v) is 6.30. The summed E-state index contributed by atoms with van der Waals surface area (Å²) in [6, 6.07) is 8.05. The minimum atomic E-state index is 0.266. The average molecular weight is 308 g/mol. The largest absolute Gasteiger partial charge is 0.352 e. The fourth-order valence-corrected chi connectivity index (χ4v) is 3.75. The molecule has 2 saturated carbocycles. The summed E-state index contributed by atoms with van der Waals surface area (Å²) in [5.74, 6) is 1.97. The van der Waals surface area contributed by atoms with Crippen molar-refractivity contribution in [3.8, 4) is 0 Å². The normalized spacial score (nSPS) is 29.5. The highest BCUT2D eigenvalue weighted by Gasteiger charge is 2.54. The topological polar surface area (TPSA) is 29.1 Å². The van der Waals surface area contributed by atoms with Gasteiger partial charge in [0.05, 0.1) is 0 Å².